The number of carbonyl (C=O) groups excluding carboxylic acids is 3. The number of hydrogen-bond acceptors (Lipinski definition) is 6. The van der Waals surface area contributed by atoms with Crippen LogP contribution in [-0.4, -0.2) is 37.2 Å². The molecule has 0 aromatic heterocycles. The van der Waals surface area contributed by atoms with Gasteiger partial charge in [0.05, 0.1) is 0 Å². The molecule has 0 N–H and O–H groups in total. The van der Waals surface area contributed by atoms with Crippen molar-refractivity contribution in [2.45, 2.75) is 361 Å². The minimum Gasteiger partial charge on any atom is -0.462 e. The lowest BCUT2D eigenvalue weighted by atomic mass is 10.0. The highest BCUT2D eigenvalue weighted by atomic mass is 16.6. The zero-order chi connectivity index (χ0) is 58.5. The van der Waals surface area contributed by atoms with Crippen molar-refractivity contribution in [3.05, 3.63) is 85.1 Å². The maximum absolute atomic E-state index is 12.9. The number of rotatable bonds is 64. The van der Waals surface area contributed by atoms with Crippen LogP contribution in [0.2, 0.25) is 0 Å². The van der Waals surface area contributed by atoms with Crippen molar-refractivity contribution in [3.63, 3.8) is 0 Å². The number of esters is 3. The normalized spacial score (nSPS) is 12.6. The average Bonchev–Trinajstić information content (AvgIpc) is 3.47. The van der Waals surface area contributed by atoms with Gasteiger partial charge in [0, 0.05) is 19.3 Å². The Hall–Kier alpha value is -3.41. The first-order valence-electron chi connectivity index (χ1n) is 35.1. The second kappa shape index (κ2) is 69.1. The zero-order valence-corrected chi connectivity index (χ0v) is 53.8. The first-order chi connectivity index (χ1) is 40.0. The van der Waals surface area contributed by atoms with E-state index in [-0.39, 0.29) is 31.1 Å². The second-order valence-electron chi connectivity index (χ2n) is 23.4. The standard InChI is InChI=1S/C75H132O6/c1-4-7-10-13-16-19-21-23-25-27-29-31-33-34-35-36-37-38-39-40-42-43-45-47-49-51-53-56-59-62-65-68-74(77)80-71-72(70-79-73(76)67-64-61-58-55-18-15-12-9-6-3)81-75(78)69-66-63-60-57-54-52-50-48-46-44-41-32-30-28-26-24-22-20-17-14-11-8-5-2/h8,11,17,20-21,23-24,26-27,29-30,32-34,72H,4-7,9-10,12-16,18-19,22,25,28,31,35-71H2,1-3H3/b11-8-,20-17-,23-21-,26-24-,29-27-,32-30-,34-33-. The van der Waals surface area contributed by atoms with E-state index in [0.29, 0.717) is 19.3 Å². The number of allylic oxidation sites excluding steroid dienone is 14. The lowest BCUT2D eigenvalue weighted by Gasteiger charge is -2.18. The minimum absolute atomic E-state index is 0.0741. The maximum Gasteiger partial charge on any atom is 0.306 e. The van der Waals surface area contributed by atoms with Gasteiger partial charge in [0.2, 0.25) is 0 Å². The lowest BCUT2D eigenvalue weighted by molar-refractivity contribution is -0.167. The quantitative estimate of drug-likeness (QED) is 0.0261. The van der Waals surface area contributed by atoms with E-state index in [1.165, 1.54) is 218 Å². The van der Waals surface area contributed by atoms with Crippen LogP contribution in [0.25, 0.3) is 0 Å². The summed E-state index contributed by atoms with van der Waals surface area (Å²) in [7, 11) is 0. The molecule has 0 aromatic rings. The summed E-state index contributed by atoms with van der Waals surface area (Å²) in [6.45, 7) is 6.53. The van der Waals surface area contributed by atoms with Crippen LogP contribution >= 0.6 is 0 Å². The van der Waals surface area contributed by atoms with E-state index < -0.39 is 6.10 Å². The molecule has 0 rings (SSSR count). The summed E-state index contributed by atoms with van der Waals surface area (Å²) < 4.78 is 16.9. The van der Waals surface area contributed by atoms with Gasteiger partial charge in [0.15, 0.2) is 6.10 Å². The van der Waals surface area contributed by atoms with Gasteiger partial charge in [-0.2, -0.15) is 0 Å². The Kier molecular flexibility index (Phi) is 66.2. The topological polar surface area (TPSA) is 78.9 Å². The summed E-state index contributed by atoms with van der Waals surface area (Å²) in [5.74, 6) is -0.865. The summed E-state index contributed by atoms with van der Waals surface area (Å²) in [6.07, 6.45) is 91.9. The third kappa shape index (κ3) is 67.3. The lowest BCUT2D eigenvalue weighted by Crippen LogP contribution is -2.30. The van der Waals surface area contributed by atoms with Crippen LogP contribution in [0.1, 0.15) is 355 Å². The van der Waals surface area contributed by atoms with E-state index in [1.54, 1.807) is 0 Å². The monoisotopic (exact) mass is 1130 g/mol. The molecule has 6 nitrogen and oxygen atoms in total. The van der Waals surface area contributed by atoms with Crippen LogP contribution in [0.5, 0.6) is 0 Å². The second-order valence-corrected chi connectivity index (χ2v) is 23.4. The largest absolute Gasteiger partial charge is 0.462 e. The Balaban J connectivity index is 4.13. The van der Waals surface area contributed by atoms with Gasteiger partial charge in [-0.25, -0.2) is 0 Å². The van der Waals surface area contributed by atoms with Crippen LogP contribution in [0, 0.1) is 0 Å². The first-order valence-corrected chi connectivity index (χ1v) is 35.1. The minimum atomic E-state index is -0.777. The Labute approximate surface area is 503 Å². The molecule has 0 aromatic carbocycles. The van der Waals surface area contributed by atoms with Gasteiger partial charge >= 0.3 is 17.9 Å². The van der Waals surface area contributed by atoms with E-state index in [9.17, 15) is 14.4 Å². The molecule has 468 valence electrons. The summed E-state index contributed by atoms with van der Waals surface area (Å²) in [5.41, 5.74) is 0. The van der Waals surface area contributed by atoms with Crippen LogP contribution in [-0.2, 0) is 28.6 Å². The van der Waals surface area contributed by atoms with Crippen molar-refractivity contribution in [1.29, 1.82) is 0 Å². The average molecular weight is 1130 g/mol. The van der Waals surface area contributed by atoms with Crippen molar-refractivity contribution in [3.8, 4) is 0 Å². The van der Waals surface area contributed by atoms with E-state index >= 15 is 0 Å². The third-order valence-electron chi connectivity index (χ3n) is 15.4. The van der Waals surface area contributed by atoms with Gasteiger partial charge in [0.1, 0.15) is 13.2 Å². The molecule has 0 radical (unpaired) electrons. The van der Waals surface area contributed by atoms with E-state index in [0.717, 1.165) is 96.3 Å². The molecule has 0 aliphatic rings. The van der Waals surface area contributed by atoms with Gasteiger partial charge in [-0.1, -0.05) is 324 Å². The summed E-state index contributed by atoms with van der Waals surface area (Å²) >= 11 is 0. The Morgan fingerprint density at radius 2 is 0.481 bits per heavy atom. The zero-order valence-electron chi connectivity index (χ0n) is 53.8. The predicted molar refractivity (Wildman–Crippen MR) is 353 cm³/mol. The van der Waals surface area contributed by atoms with Crippen molar-refractivity contribution < 1.29 is 28.6 Å². The highest BCUT2D eigenvalue weighted by Gasteiger charge is 2.19. The third-order valence-corrected chi connectivity index (χ3v) is 15.4. The molecule has 1 unspecified atom stereocenters. The number of ether oxygens (including phenoxy) is 3. The van der Waals surface area contributed by atoms with Gasteiger partial charge in [-0.05, 0) is 96.3 Å². The van der Waals surface area contributed by atoms with Crippen molar-refractivity contribution in [2.75, 3.05) is 13.2 Å². The van der Waals surface area contributed by atoms with Gasteiger partial charge in [0.25, 0.3) is 0 Å². The van der Waals surface area contributed by atoms with E-state index in [2.05, 4.69) is 106 Å². The number of hydrogen-bond donors (Lipinski definition) is 0. The number of carbonyl (C=O) groups is 3. The Bertz CT molecular complexity index is 1530. The molecule has 0 aliphatic carbocycles. The molecule has 81 heavy (non-hydrogen) atoms. The fraction of sp³-hybridized carbons (Fsp3) is 0.773. The summed E-state index contributed by atoms with van der Waals surface area (Å²) in [4.78, 5) is 38.3. The molecule has 6 heteroatoms. The highest BCUT2D eigenvalue weighted by Crippen LogP contribution is 2.17. The first kappa shape index (κ1) is 77.6. The Morgan fingerprint density at radius 1 is 0.259 bits per heavy atom. The van der Waals surface area contributed by atoms with Gasteiger partial charge in [-0.3, -0.25) is 14.4 Å². The molecule has 1 atom stereocenters. The smallest absolute Gasteiger partial charge is 0.306 e. The van der Waals surface area contributed by atoms with E-state index in [1.807, 2.05) is 0 Å². The predicted octanol–water partition coefficient (Wildman–Crippen LogP) is 24.2. The molecule has 0 saturated carbocycles. The van der Waals surface area contributed by atoms with E-state index in [4.69, 9.17) is 14.2 Å². The molecule has 0 aliphatic heterocycles. The van der Waals surface area contributed by atoms with Crippen molar-refractivity contribution in [1.82, 2.24) is 0 Å². The summed E-state index contributed by atoms with van der Waals surface area (Å²) in [6, 6.07) is 0. The van der Waals surface area contributed by atoms with Crippen LogP contribution in [0.15, 0.2) is 85.1 Å². The fourth-order valence-electron chi connectivity index (χ4n) is 10.2. The molecule has 0 saturated heterocycles. The maximum atomic E-state index is 12.9. The molecule has 0 fully saturated rings. The fourth-order valence-corrected chi connectivity index (χ4v) is 10.2. The van der Waals surface area contributed by atoms with Gasteiger partial charge in [-0.15, -0.1) is 0 Å². The molecule has 0 heterocycles. The molecular formula is C75H132O6. The molecular weight excluding hydrogens is 997 g/mol. The highest BCUT2D eigenvalue weighted by molar-refractivity contribution is 5.71. The van der Waals surface area contributed by atoms with Crippen LogP contribution in [0.4, 0.5) is 0 Å². The number of unbranched alkanes of at least 4 members (excludes halogenated alkanes) is 39. The van der Waals surface area contributed by atoms with Crippen LogP contribution < -0.4 is 0 Å². The van der Waals surface area contributed by atoms with Crippen molar-refractivity contribution in [2.24, 2.45) is 0 Å². The molecule has 0 amide bonds. The summed E-state index contributed by atoms with van der Waals surface area (Å²) in [5, 5.41) is 0. The molecule has 0 spiro atoms. The molecule has 0 bridgehead atoms. The Morgan fingerprint density at radius 3 is 0.753 bits per heavy atom. The SMILES string of the molecule is CC/C=C\C/C=C\C/C=C\C/C=C\CCCCCCCCCCCCC(=O)OC(COC(=O)CCCCCCCCCCC)COC(=O)CCCCCCCCCCCCCCCCCC/C=C\C/C=C\C/C=C\CCCCCCC. The van der Waals surface area contributed by atoms with Gasteiger partial charge < -0.3 is 14.2 Å². The van der Waals surface area contributed by atoms with Crippen LogP contribution in [0.3, 0.4) is 0 Å². The van der Waals surface area contributed by atoms with Crippen molar-refractivity contribution >= 4 is 17.9 Å².